The van der Waals surface area contributed by atoms with Crippen LogP contribution in [-0.4, -0.2) is 17.2 Å². The zero-order chi connectivity index (χ0) is 11.4. The summed E-state index contributed by atoms with van der Waals surface area (Å²) >= 11 is 0. The highest BCUT2D eigenvalue weighted by molar-refractivity contribution is 5.71. The molecule has 1 aromatic carbocycles. The summed E-state index contributed by atoms with van der Waals surface area (Å²) in [5, 5.41) is 8.65. The molecule has 15 heavy (non-hydrogen) atoms. The Balaban J connectivity index is 2.97. The third-order valence-electron chi connectivity index (χ3n) is 1.73. The fourth-order valence-corrected chi connectivity index (χ4v) is 1.20. The molecule has 1 N–H and O–H groups in total. The van der Waals surface area contributed by atoms with E-state index in [9.17, 15) is 9.18 Å². The van der Waals surface area contributed by atoms with Crippen molar-refractivity contribution in [2.45, 2.75) is 26.4 Å². The lowest BCUT2D eigenvalue weighted by Gasteiger charge is -2.13. The van der Waals surface area contributed by atoms with Crippen LogP contribution in [0.15, 0.2) is 18.2 Å². The number of carboxylic acids is 1. The maximum Gasteiger partial charge on any atom is 0.307 e. The van der Waals surface area contributed by atoms with Crippen molar-refractivity contribution >= 4 is 5.97 Å². The first kappa shape index (κ1) is 11.5. The Hall–Kier alpha value is -1.58. The molecular formula is C11H13FO3. The largest absolute Gasteiger partial charge is 0.491 e. The van der Waals surface area contributed by atoms with Gasteiger partial charge in [0, 0.05) is 11.6 Å². The average Bonchev–Trinajstić information content (AvgIpc) is 2.08. The molecule has 0 saturated heterocycles. The van der Waals surface area contributed by atoms with Gasteiger partial charge in [0.15, 0.2) is 0 Å². The van der Waals surface area contributed by atoms with Crippen LogP contribution in [0.2, 0.25) is 0 Å². The van der Waals surface area contributed by atoms with Crippen LogP contribution < -0.4 is 4.74 Å². The van der Waals surface area contributed by atoms with Gasteiger partial charge in [0.1, 0.15) is 11.6 Å². The highest BCUT2D eigenvalue weighted by Gasteiger charge is 2.10. The van der Waals surface area contributed by atoms with Gasteiger partial charge < -0.3 is 9.84 Å². The van der Waals surface area contributed by atoms with Crippen LogP contribution in [0.3, 0.4) is 0 Å². The van der Waals surface area contributed by atoms with Crippen LogP contribution in [0.25, 0.3) is 0 Å². The number of hydrogen-bond donors (Lipinski definition) is 1. The van der Waals surface area contributed by atoms with Gasteiger partial charge in [0.05, 0.1) is 12.5 Å². The number of ether oxygens (including phenoxy) is 1. The molecule has 0 saturated carbocycles. The molecule has 4 heteroatoms. The van der Waals surface area contributed by atoms with Crippen molar-refractivity contribution in [2.75, 3.05) is 0 Å². The second-order valence-corrected chi connectivity index (χ2v) is 3.49. The van der Waals surface area contributed by atoms with E-state index in [-0.39, 0.29) is 12.5 Å². The van der Waals surface area contributed by atoms with Gasteiger partial charge in [-0.05, 0) is 19.9 Å². The van der Waals surface area contributed by atoms with Crippen LogP contribution in [-0.2, 0) is 11.2 Å². The molecule has 3 nitrogen and oxygen atoms in total. The van der Waals surface area contributed by atoms with Crippen molar-refractivity contribution < 1.29 is 19.0 Å². The summed E-state index contributed by atoms with van der Waals surface area (Å²) in [5.41, 5.74) is 0.484. The molecule has 82 valence electrons. The summed E-state index contributed by atoms with van der Waals surface area (Å²) in [7, 11) is 0. The normalized spacial score (nSPS) is 10.4. The summed E-state index contributed by atoms with van der Waals surface area (Å²) in [5.74, 6) is -1.09. The van der Waals surface area contributed by atoms with E-state index < -0.39 is 11.8 Å². The highest BCUT2D eigenvalue weighted by atomic mass is 19.1. The molecule has 1 rings (SSSR count). The van der Waals surface area contributed by atoms with Gasteiger partial charge in [-0.15, -0.1) is 0 Å². The Kier molecular flexibility index (Phi) is 3.66. The van der Waals surface area contributed by atoms with Crippen LogP contribution in [0, 0.1) is 5.82 Å². The van der Waals surface area contributed by atoms with Crippen LogP contribution in [0.1, 0.15) is 19.4 Å². The molecule has 0 spiro atoms. The van der Waals surface area contributed by atoms with Crippen molar-refractivity contribution in [1.29, 1.82) is 0 Å². The summed E-state index contributed by atoms with van der Waals surface area (Å²) in [6, 6.07) is 3.87. The standard InChI is InChI=1S/C11H13FO3/c1-7(2)15-10-6-9(12)4-3-8(10)5-11(13)14/h3-4,6-7H,5H2,1-2H3,(H,13,14). The molecule has 0 aliphatic carbocycles. The first-order valence-electron chi connectivity index (χ1n) is 4.66. The second-order valence-electron chi connectivity index (χ2n) is 3.49. The van der Waals surface area contributed by atoms with Crippen molar-refractivity contribution in [1.82, 2.24) is 0 Å². The van der Waals surface area contributed by atoms with Gasteiger partial charge in [0.2, 0.25) is 0 Å². The van der Waals surface area contributed by atoms with Crippen molar-refractivity contribution in [3.63, 3.8) is 0 Å². The minimum atomic E-state index is -0.963. The van der Waals surface area contributed by atoms with Gasteiger partial charge in [-0.1, -0.05) is 6.07 Å². The van der Waals surface area contributed by atoms with E-state index in [1.165, 1.54) is 18.2 Å². The third kappa shape index (κ3) is 3.58. The molecule has 0 heterocycles. The molecule has 0 atom stereocenters. The topological polar surface area (TPSA) is 46.5 Å². The van der Waals surface area contributed by atoms with Gasteiger partial charge in [0.25, 0.3) is 0 Å². The number of carbonyl (C=O) groups is 1. The fourth-order valence-electron chi connectivity index (χ4n) is 1.20. The predicted octanol–water partition coefficient (Wildman–Crippen LogP) is 2.24. The molecule has 0 aliphatic rings. The Bertz CT molecular complexity index is 361. The minimum Gasteiger partial charge on any atom is -0.491 e. The maximum absolute atomic E-state index is 12.9. The predicted molar refractivity (Wildman–Crippen MR) is 53.5 cm³/mol. The molecule has 0 aliphatic heterocycles. The number of hydrogen-bond acceptors (Lipinski definition) is 2. The lowest BCUT2D eigenvalue weighted by atomic mass is 10.1. The molecular weight excluding hydrogens is 199 g/mol. The zero-order valence-corrected chi connectivity index (χ0v) is 8.66. The summed E-state index contributed by atoms with van der Waals surface area (Å²) in [6.45, 7) is 3.60. The quantitative estimate of drug-likeness (QED) is 0.832. The summed E-state index contributed by atoms with van der Waals surface area (Å²) in [4.78, 5) is 10.5. The van der Waals surface area contributed by atoms with E-state index in [4.69, 9.17) is 9.84 Å². The van der Waals surface area contributed by atoms with Crippen LogP contribution in [0.4, 0.5) is 4.39 Å². The number of aliphatic carboxylic acids is 1. The van der Waals surface area contributed by atoms with Crippen LogP contribution >= 0.6 is 0 Å². The molecule has 0 radical (unpaired) electrons. The maximum atomic E-state index is 12.9. The van der Waals surface area contributed by atoms with Crippen molar-refractivity contribution in [3.05, 3.63) is 29.6 Å². The molecule has 0 bridgehead atoms. The zero-order valence-electron chi connectivity index (χ0n) is 8.66. The first-order chi connectivity index (χ1) is 6.99. The van der Waals surface area contributed by atoms with E-state index in [1.807, 2.05) is 0 Å². The molecule has 0 unspecified atom stereocenters. The van der Waals surface area contributed by atoms with E-state index in [0.29, 0.717) is 11.3 Å². The van der Waals surface area contributed by atoms with Gasteiger partial charge in [-0.3, -0.25) is 4.79 Å². The van der Waals surface area contributed by atoms with Crippen molar-refractivity contribution in [3.8, 4) is 5.75 Å². The monoisotopic (exact) mass is 212 g/mol. The Morgan fingerprint density at radius 2 is 2.20 bits per heavy atom. The Labute approximate surface area is 87.5 Å². The summed E-state index contributed by atoms with van der Waals surface area (Å²) in [6.07, 6.45) is -0.276. The molecule has 0 fully saturated rings. The number of benzene rings is 1. The van der Waals surface area contributed by atoms with Crippen LogP contribution in [0.5, 0.6) is 5.75 Å². The smallest absolute Gasteiger partial charge is 0.307 e. The van der Waals surface area contributed by atoms with Gasteiger partial charge in [-0.2, -0.15) is 0 Å². The highest BCUT2D eigenvalue weighted by Crippen LogP contribution is 2.21. The molecule has 0 aromatic heterocycles. The minimum absolute atomic E-state index is 0.112. The molecule has 1 aromatic rings. The number of rotatable bonds is 4. The van der Waals surface area contributed by atoms with E-state index >= 15 is 0 Å². The number of carboxylic acid groups (broad SMARTS) is 1. The van der Waals surface area contributed by atoms with E-state index in [1.54, 1.807) is 13.8 Å². The van der Waals surface area contributed by atoms with E-state index in [0.717, 1.165) is 0 Å². The lowest BCUT2D eigenvalue weighted by Crippen LogP contribution is -2.10. The Morgan fingerprint density at radius 1 is 1.53 bits per heavy atom. The van der Waals surface area contributed by atoms with E-state index in [2.05, 4.69) is 0 Å². The molecule has 0 amide bonds. The number of halogens is 1. The average molecular weight is 212 g/mol. The summed E-state index contributed by atoms with van der Waals surface area (Å²) < 4.78 is 18.2. The third-order valence-corrected chi connectivity index (χ3v) is 1.73. The lowest BCUT2D eigenvalue weighted by molar-refractivity contribution is -0.136. The van der Waals surface area contributed by atoms with Gasteiger partial charge in [-0.25, -0.2) is 4.39 Å². The first-order valence-corrected chi connectivity index (χ1v) is 4.66. The Morgan fingerprint density at radius 3 is 2.73 bits per heavy atom. The van der Waals surface area contributed by atoms with Crippen molar-refractivity contribution in [2.24, 2.45) is 0 Å². The SMILES string of the molecule is CC(C)Oc1cc(F)ccc1CC(=O)O. The van der Waals surface area contributed by atoms with Gasteiger partial charge >= 0.3 is 5.97 Å². The second kappa shape index (κ2) is 4.77. The fraction of sp³-hybridized carbons (Fsp3) is 0.364.